The molecule has 0 aliphatic heterocycles. The van der Waals surface area contributed by atoms with Crippen molar-refractivity contribution in [3.8, 4) is 0 Å². The highest BCUT2D eigenvalue weighted by molar-refractivity contribution is 5.85. The third-order valence-corrected chi connectivity index (χ3v) is 0.360. The smallest absolute Gasteiger partial charge is 0.321 e. The topological polar surface area (TPSA) is 38.3 Å². The van der Waals surface area contributed by atoms with Crippen molar-refractivity contribution < 1.29 is 9.63 Å². The Bertz CT molecular complexity index is 67.1. The van der Waals surface area contributed by atoms with Crippen LogP contribution in [0.3, 0.4) is 0 Å². The monoisotopic (exact) mass is 139 g/mol. The Hall–Kier alpha value is -0.280. The van der Waals surface area contributed by atoms with E-state index in [2.05, 4.69) is 10.3 Å². The van der Waals surface area contributed by atoms with Crippen molar-refractivity contribution in [2.75, 3.05) is 6.54 Å². The Morgan fingerprint density at radius 1 is 1.75 bits per heavy atom. The van der Waals surface area contributed by atoms with E-state index in [1.165, 1.54) is 6.92 Å². The maximum atomic E-state index is 9.92. The summed E-state index contributed by atoms with van der Waals surface area (Å²) in [5.41, 5.74) is 2.40. The quantitative estimate of drug-likeness (QED) is 0.566. The van der Waals surface area contributed by atoms with E-state index in [1.807, 2.05) is 6.92 Å². The lowest BCUT2D eigenvalue weighted by Gasteiger charge is -1.95. The highest BCUT2D eigenvalue weighted by atomic mass is 35.5. The lowest BCUT2D eigenvalue weighted by atomic mass is 10.8. The zero-order valence-electron chi connectivity index (χ0n) is 4.93. The van der Waals surface area contributed by atoms with Crippen molar-refractivity contribution >= 4 is 18.4 Å². The van der Waals surface area contributed by atoms with Crippen LogP contribution in [0.2, 0.25) is 0 Å². The average Bonchev–Trinajstić information content (AvgIpc) is 1.61. The van der Waals surface area contributed by atoms with E-state index in [0.29, 0.717) is 6.54 Å². The summed E-state index contributed by atoms with van der Waals surface area (Å²) in [6.45, 7) is 3.85. The average molecular weight is 140 g/mol. The number of nitrogens with one attached hydrogen (secondary N) is 1. The molecule has 0 aliphatic carbocycles. The Labute approximate surface area is 54.8 Å². The molecule has 0 bridgehead atoms. The zero-order valence-corrected chi connectivity index (χ0v) is 5.75. The molecule has 50 valence electrons. The van der Waals surface area contributed by atoms with Gasteiger partial charge in [-0.15, -0.1) is 12.4 Å². The second kappa shape index (κ2) is 6.72. The lowest BCUT2D eigenvalue weighted by molar-refractivity contribution is -0.148. The number of carbonyl (C=O) groups excluding carboxylic acids is 1. The fraction of sp³-hybridized carbons (Fsp3) is 0.750. The number of hydrogen-bond donors (Lipinski definition) is 1. The van der Waals surface area contributed by atoms with Gasteiger partial charge in [-0.3, -0.25) is 4.79 Å². The van der Waals surface area contributed by atoms with Gasteiger partial charge in [-0.1, -0.05) is 0 Å². The van der Waals surface area contributed by atoms with Gasteiger partial charge in [0.2, 0.25) is 0 Å². The maximum Gasteiger partial charge on any atom is 0.321 e. The van der Waals surface area contributed by atoms with Gasteiger partial charge in [-0.25, -0.2) is 0 Å². The van der Waals surface area contributed by atoms with Gasteiger partial charge in [0.15, 0.2) is 0 Å². The Morgan fingerprint density at radius 3 is 2.38 bits per heavy atom. The number of carbonyl (C=O) groups is 1. The van der Waals surface area contributed by atoms with E-state index in [9.17, 15) is 4.79 Å². The van der Waals surface area contributed by atoms with Gasteiger partial charge in [0.1, 0.15) is 0 Å². The van der Waals surface area contributed by atoms with Crippen molar-refractivity contribution in [2.24, 2.45) is 0 Å². The molecule has 1 N–H and O–H groups in total. The van der Waals surface area contributed by atoms with E-state index in [4.69, 9.17) is 0 Å². The summed E-state index contributed by atoms with van der Waals surface area (Å²) < 4.78 is 0. The van der Waals surface area contributed by atoms with Crippen LogP contribution in [0, 0.1) is 0 Å². The number of halogens is 1. The molecule has 0 saturated carbocycles. The minimum Gasteiger partial charge on any atom is -0.371 e. The molecule has 0 rings (SSSR count). The lowest BCUT2D eigenvalue weighted by Crippen LogP contribution is -2.16. The Morgan fingerprint density at radius 2 is 2.25 bits per heavy atom. The molecule has 0 aromatic heterocycles. The second-order valence-electron chi connectivity index (χ2n) is 1.09. The van der Waals surface area contributed by atoms with Crippen LogP contribution in [0.25, 0.3) is 0 Å². The Balaban J connectivity index is 0. The van der Waals surface area contributed by atoms with E-state index in [1.54, 1.807) is 0 Å². The SMILES string of the molecule is CCNOC(C)=O.Cl. The van der Waals surface area contributed by atoms with E-state index in [0.717, 1.165) is 0 Å². The maximum absolute atomic E-state index is 9.92. The molecule has 0 heterocycles. The van der Waals surface area contributed by atoms with Gasteiger partial charge >= 0.3 is 5.97 Å². The highest BCUT2D eigenvalue weighted by Gasteiger charge is 1.84. The minimum atomic E-state index is -0.304. The summed E-state index contributed by atoms with van der Waals surface area (Å²) >= 11 is 0. The molecule has 0 saturated heterocycles. The van der Waals surface area contributed by atoms with Gasteiger partial charge in [-0.2, -0.15) is 5.48 Å². The standard InChI is InChI=1S/C4H9NO2.ClH/c1-3-5-7-4(2)6;/h5H,3H2,1-2H3;1H. The van der Waals surface area contributed by atoms with Gasteiger partial charge in [0, 0.05) is 13.5 Å². The van der Waals surface area contributed by atoms with Crippen molar-refractivity contribution in [1.82, 2.24) is 5.48 Å². The molecule has 0 amide bonds. The van der Waals surface area contributed by atoms with Crippen molar-refractivity contribution in [1.29, 1.82) is 0 Å². The molecule has 0 aliphatic rings. The second-order valence-corrected chi connectivity index (χ2v) is 1.09. The van der Waals surface area contributed by atoms with Crippen LogP contribution < -0.4 is 5.48 Å². The van der Waals surface area contributed by atoms with E-state index < -0.39 is 0 Å². The molecule has 0 spiro atoms. The molecule has 0 atom stereocenters. The predicted octanol–water partition coefficient (Wildman–Crippen LogP) is 0.496. The fourth-order valence-corrected chi connectivity index (χ4v) is 0.174. The molecule has 0 aromatic carbocycles. The van der Waals surface area contributed by atoms with Crippen LogP contribution >= 0.6 is 12.4 Å². The summed E-state index contributed by atoms with van der Waals surface area (Å²) in [5.74, 6) is -0.304. The normalized spacial score (nSPS) is 7.25. The molecule has 0 unspecified atom stereocenters. The number of hydroxylamine groups is 1. The number of rotatable bonds is 2. The van der Waals surface area contributed by atoms with Gasteiger partial charge in [0.25, 0.3) is 0 Å². The molecular weight excluding hydrogens is 130 g/mol. The van der Waals surface area contributed by atoms with Gasteiger partial charge in [0.05, 0.1) is 0 Å². The summed E-state index contributed by atoms with van der Waals surface area (Å²) in [5, 5.41) is 0. The molecule has 0 radical (unpaired) electrons. The van der Waals surface area contributed by atoms with Crippen LogP contribution in [0.5, 0.6) is 0 Å². The zero-order chi connectivity index (χ0) is 5.70. The predicted molar refractivity (Wildman–Crippen MR) is 32.7 cm³/mol. The van der Waals surface area contributed by atoms with E-state index >= 15 is 0 Å². The van der Waals surface area contributed by atoms with Crippen LogP contribution in [0.4, 0.5) is 0 Å². The number of hydrogen-bond acceptors (Lipinski definition) is 3. The summed E-state index contributed by atoms with van der Waals surface area (Å²) in [4.78, 5) is 14.2. The first-order valence-electron chi connectivity index (χ1n) is 2.17. The Kier molecular flexibility index (Phi) is 8.95. The summed E-state index contributed by atoms with van der Waals surface area (Å²) in [6.07, 6.45) is 0. The molecule has 0 aromatic rings. The van der Waals surface area contributed by atoms with Crippen LogP contribution in [-0.2, 0) is 9.63 Å². The van der Waals surface area contributed by atoms with Crippen molar-refractivity contribution in [2.45, 2.75) is 13.8 Å². The molecule has 3 nitrogen and oxygen atoms in total. The van der Waals surface area contributed by atoms with Crippen molar-refractivity contribution in [3.63, 3.8) is 0 Å². The first kappa shape index (κ1) is 10.7. The molecular formula is C4H10ClNO2. The third-order valence-electron chi connectivity index (χ3n) is 0.360. The minimum absolute atomic E-state index is 0. The van der Waals surface area contributed by atoms with Gasteiger partial charge in [-0.05, 0) is 6.92 Å². The largest absolute Gasteiger partial charge is 0.371 e. The first-order chi connectivity index (χ1) is 3.27. The third kappa shape index (κ3) is 9.21. The summed E-state index contributed by atoms with van der Waals surface area (Å²) in [6, 6.07) is 0. The summed E-state index contributed by atoms with van der Waals surface area (Å²) in [7, 11) is 0. The molecule has 0 fully saturated rings. The fourth-order valence-electron chi connectivity index (χ4n) is 0.174. The highest BCUT2D eigenvalue weighted by Crippen LogP contribution is 1.64. The van der Waals surface area contributed by atoms with Crippen LogP contribution in [0.15, 0.2) is 0 Å². The molecule has 8 heavy (non-hydrogen) atoms. The van der Waals surface area contributed by atoms with Crippen LogP contribution in [0.1, 0.15) is 13.8 Å². The van der Waals surface area contributed by atoms with Crippen molar-refractivity contribution in [3.05, 3.63) is 0 Å². The van der Waals surface area contributed by atoms with Gasteiger partial charge < -0.3 is 4.84 Å². The first-order valence-corrected chi connectivity index (χ1v) is 2.17. The van der Waals surface area contributed by atoms with Crippen LogP contribution in [-0.4, -0.2) is 12.5 Å². The van der Waals surface area contributed by atoms with E-state index in [-0.39, 0.29) is 18.4 Å². The molecule has 4 heteroatoms.